The Bertz CT molecular complexity index is 163. The molecule has 1 saturated heterocycles. The highest BCUT2D eigenvalue weighted by atomic mass is 15.2. The summed E-state index contributed by atoms with van der Waals surface area (Å²) in [6.07, 6.45) is 10.0. The summed E-state index contributed by atoms with van der Waals surface area (Å²) in [4.78, 5) is 2.82. The first-order chi connectivity index (χ1) is 7.42. The van der Waals surface area contributed by atoms with Gasteiger partial charge >= 0.3 is 0 Å². The first kappa shape index (κ1) is 11.4. The third-order valence-electron chi connectivity index (χ3n) is 4.06. The fraction of sp³-hybridized carbons (Fsp3) is 1.00. The largest absolute Gasteiger partial charge is 0.314 e. The van der Waals surface area contributed by atoms with Crippen LogP contribution in [0.3, 0.4) is 0 Å². The maximum absolute atomic E-state index is 3.55. The highest BCUT2D eigenvalue weighted by molar-refractivity contribution is 4.86. The van der Waals surface area contributed by atoms with Gasteiger partial charge in [-0.2, -0.15) is 0 Å². The van der Waals surface area contributed by atoms with Gasteiger partial charge in [0.05, 0.1) is 0 Å². The van der Waals surface area contributed by atoms with Crippen LogP contribution in [0.5, 0.6) is 0 Å². The van der Waals surface area contributed by atoms with Crippen LogP contribution in [0.4, 0.5) is 0 Å². The summed E-state index contributed by atoms with van der Waals surface area (Å²) >= 11 is 0. The monoisotopic (exact) mass is 210 g/mol. The molecule has 88 valence electrons. The lowest BCUT2D eigenvalue weighted by Crippen LogP contribution is -2.55. The molecule has 1 unspecified atom stereocenters. The van der Waals surface area contributed by atoms with E-state index in [-0.39, 0.29) is 0 Å². The zero-order valence-corrected chi connectivity index (χ0v) is 10.2. The van der Waals surface area contributed by atoms with Gasteiger partial charge in [-0.05, 0) is 19.3 Å². The highest BCUT2D eigenvalue weighted by Crippen LogP contribution is 2.25. The van der Waals surface area contributed by atoms with Gasteiger partial charge in [0.15, 0.2) is 0 Å². The second-order valence-corrected chi connectivity index (χ2v) is 5.18. The molecule has 0 aromatic rings. The predicted octanol–water partition coefficient (Wildman–Crippen LogP) is 2.39. The van der Waals surface area contributed by atoms with Gasteiger partial charge in [-0.25, -0.2) is 0 Å². The van der Waals surface area contributed by atoms with Crippen LogP contribution in [-0.2, 0) is 0 Å². The van der Waals surface area contributed by atoms with Crippen molar-refractivity contribution >= 4 is 0 Å². The normalized spacial score (nSPS) is 30.6. The van der Waals surface area contributed by atoms with Crippen LogP contribution in [0.2, 0.25) is 0 Å². The Labute approximate surface area is 94.4 Å². The van der Waals surface area contributed by atoms with Crippen molar-refractivity contribution in [1.82, 2.24) is 10.2 Å². The summed E-state index contributed by atoms with van der Waals surface area (Å²) in [7, 11) is 0. The van der Waals surface area contributed by atoms with Crippen LogP contribution in [0.1, 0.15) is 51.9 Å². The molecule has 0 spiro atoms. The minimum atomic E-state index is 0.826. The molecule has 2 aliphatic rings. The second kappa shape index (κ2) is 5.86. The zero-order chi connectivity index (χ0) is 10.5. The molecule has 2 fully saturated rings. The van der Waals surface area contributed by atoms with Gasteiger partial charge < -0.3 is 5.32 Å². The second-order valence-electron chi connectivity index (χ2n) is 5.18. The Morgan fingerprint density at radius 3 is 2.73 bits per heavy atom. The van der Waals surface area contributed by atoms with E-state index in [2.05, 4.69) is 17.1 Å². The van der Waals surface area contributed by atoms with Gasteiger partial charge in [0.2, 0.25) is 0 Å². The van der Waals surface area contributed by atoms with Gasteiger partial charge in [-0.1, -0.05) is 32.6 Å². The van der Waals surface area contributed by atoms with Gasteiger partial charge in [0, 0.05) is 31.7 Å². The molecule has 2 rings (SSSR count). The Morgan fingerprint density at radius 1 is 1.20 bits per heavy atom. The molecule has 0 bridgehead atoms. The number of rotatable bonds is 3. The van der Waals surface area contributed by atoms with Crippen LogP contribution in [0.15, 0.2) is 0 Å². The summed E-state index contributed by atoms with van der Waals surface area (Å²) in [5, 5.41) is 3.55. The van der Waals surface area contributed by atoms with Crippen molar-refractivity contribution in [3.8, 4) is 0 Å². The number of hydrogen-bond donors (Lipinski definition) is 1. The molecule has 2 heteroatoms. The summed E-state index contributed by atoms with van der Waals surface area (Å²) in [6, 6.07) is 1.74. The topological polar surface area (TPSA) is 15.3 Å². The first-order valence-electron chi connectivity index (χ1n) is 6.88. The molecule has 0 aromatic carbocycles. The lowest BCUT2D eigenvalue weighted by atomic mass is 9.92. The fourth-order valence-electron chi connectivity index (χ4n) is 3.27. The third kappa shape index (κ3) is 2.94. The molecule has 1 saturated carbocycles. The van der Waals surface area contributed by atoms with E-state index in [1.54, 1.807) is 0 Å². The van der Waals surface area contributed by atoms with Crippen molar-refractivity contribution in [2.45, 2.75) is 64.0 Å². The van der Waals surface area contributed by atoms with Crippen molar-refractivity contribution in [2.24, 2.45) is 0 Å². The van der Waals surface area contributed by atoms with Crippen LogP contribution in [-0.4, -0.2) is 36.6 Å². The number of hydrogen-bond acceptors (Lipinski definition) is 2. The molecule has 0 aromatic heterocycles. The SMILES string of the molecule is CCCC1CNCCN1C1CCCCC1. The average molecular weight is 210 g/mol. The Balaban J connectivity index is 1.90. The summed E-state index contributed by atoms with van der Waals surface area (Å²) in [5.74, 6) is 0. The van der Waals surface area contributed by atoms with E-state index in [0.717, 1.165) is 12.1 Å². The maximum Gasteiger partial charge on any atom is 0.0224 e. The van der Waals surface area contributed by atoms with E-state index in [4.69, 9.17) is 0 Å². The maximum atomic E-state index is 3.55. The predicted molar refractivity (Wildman–Crippen MR) is 65.1 cm³/mol. The van der Waals surface area contributed by atoms with E-state index < -0.39 is 0 Å². The molecular formula is C13H26N2. The summed E-state index contributed by atoms with van der Waals surface area (Å²) in [6.45, 7) is 6.03. The van der Waals surface area contributed by atoms with Crippen molar-refractivity contribution in [2.75, 3.05) is 19.6 Å². The van der Waals surface area contributed by atoms with Gasteiger partial charge in [0.25, 0.3) is 0 Å². The minimum absolute atomic E-state index is 0.826. The van der Waals surface area contributed by atoms with E-state index in [0.29, 0.717) is 0 Å². The summed E-state index contributed by atoms with van der Waals surface area (Å²) in [5.41, 5.74) is 0. The molecule has 1 heterocycles. The van der Waals surface area contributed by atoms with Crippen molar-refractivity contribution < 1.29 is 0 Å². The molecule has 1 aliphatic carbocycles. The van der Waals surface area contributed by atoms with E-state index in [1.807, 2.05) is 0 Å². The minimum Gasteiger partial charge on any atom is -0.314 e. The van der Waals surface area contributed by atoms with Crippen LogP contribution in [0.25, 0.3) is 0 Å². The lowest BCUT2D eigenvalue weighted by Gasteiger charge is -2.43. The molecule has 0 amide bonds. The Kier molecular flexibility index (Phi) is 4.45. The molecule has 1 aliphatic heterocycles. The van der Waals surface area contributed by atoms with Crippen LogP contribution >= 0.6 is 0 Å². The van der Waals surface area contributed by atoms with Gasteiger partial charge in [-0.15, -0.1) is 0 Å². The van der Waals surface area contributed by atoms with Crippen molar-refractivity contribution in [1.29, 1.82) is 0 Å². The highest BCUT2D eigenvalue weighted by Gasteiger charge is 2.28. The Morgan fingerprint density at radius 2 is 2.00 bits per heavy atom. The first-order valence-corrected chi connectivity index (χ1v) is 6.88. The molecule has 1 atom stereocenters. The molecule has 1 N–H and O–H groups in total. The van der Waals surface area contributed by atoms with Crippen molar-refractivity contribution in [3.05, 3.63) is 0 Å². The van der Waals surface area contributed by atoms with E-state index >= 15 is 0 Å². The van der Waals surface area contributed by atoms with E-state index in [9.17, 15) is 0 Å². The van der Waals surface area contributed by atoms with E-state index in [1.165, 1.54) is 64.6 Å². The van der Waals surface area contributed by atoms with Gasteiger partial charge in [0.1, 0.15) is 0 Å². The number of nitrogens with one attached hydrogen (secondary N) is 1. The molecule has 15 heavy (non-hydrogen) atoms. The Hall–Kier alpha value is -0.0800. The summed E-state index contributed by atoms with van der Waals surface area (Å²) < 4.78 is 0. The molecule has 2 nitrogen and oxygen atoms in total. The van der Waals surface area contributed by atoms with Crippen LogP contribution in [0, 0.1) is 0 Å². The number of piperazine rings is 1. The lowest BCUT2D eigenvalue weighted by molar-refractivity contribution is 0.0771. The fourth-order valence-corrected chi connectivity index (χ4v) is 3.27. The molecular weight excluding hydrogens is 184 g/mol. The average Bonchev–Trinajstić information content (AvgIpc) is 2.31. The molecule has 0 radical (unpaired) electrons. The van der Waals surface area contributed by atoms with Crippen molar-refractivity contribution in [3.63, 3.8) is 0 Å². The smallest absolute Gasteiger partial charge is 0.0224 e. The number of nitrogens with zero attached hydrogens (tertiary/aromatic N) is 1. The van der Waals surface area contributed by atoms with Gasteiger partial charge in [-0.3, -0.25) is 4.90 Å². The quantitative estimate of drug-likeness (QED) is 0.769. The third-order valence-corrected chi connectivity index (χ3v) is 4.06. The zero-order valence-electron chi connectivity index (χ0n) is 10.2. The van der Waals surface area contributed by atoms with Crippen LogP contribution < -0.4 is 5.32 Å². The standard InChI is InChI=1S/C13H26N2/c1-2-6-13-11-14-9-10-15(13)12-7-4-3-5-8-12/h12-14H,2-11H2,1H3.